The first kappa shape index (κ1) is 14.4. The van der Waals surface area contributed by atoms with E-state index in [9.17, 15) is 9.90 Å². The van der Waals surface area contributed by atoms with Crippen LogP contribution in [0.1, 0.15) is 18.4 Å². The summed E-state index contributed by atoms with van der Waals surface area (Å²) < 4.78 is 5.98. The summed E-state index contributed by atoms with van der Waals surface area (Å²) in [5, 5.41) is 13.1. The summed E-state index contributed by atoms with van der Waals surface area (Å²) in [6.07, 6.45) is 2.15. The molecule has 0 unspecified atom stereocenters. The lowest BCUT2D eigenvalue weighted by Crippen LogP contribution is -2.57. The topological polar surface area (TPSA) is 61.8 Å². The van der Waals surface area contributed by atoms with Crippen LogP contribution in [0.15, 0.2) is 24.3 Å². The van der Waals surface area contributed by atoms with E-state index in [1.165, 1.54) is 0 Å². The summed E-state index contributed by atoms with van der Waals surface area (Å²) in [6, 6.07) is 7.03. The molecule has 114 valence electrons. The molecule has 5 nitrogen and oxygen atoms in total. The van der Waals surface area contributed by atoms with Gasteiger partial charge in [-0.05, 0) is 32.0 Å². The van der Waals surface area contributed by atoms with Crippen LogP contribution in [-0.4, -0.2) is 54.3 Å². The molecule has 5 heteroatoms. The van der Waals surface area contributed by atoms with Gasteiger partial charge in [0, 0.05) is 18.7 Å². The van der Waals surface area contributed by atoms with Gasteiger partial charge in [0.25, 0.3) is 0 Å². The van der Waals surface area contributed by atoms with Crippen LogP contribution in [0, 0.1) is 0 Å². The predicted octanol–water partition coefficient (Wildman–Crippen LogP) is 0.916. The molecular weight excluding hydrogens is 268 g/mol. The number of rotatable bonds is 2. The SMILES string of the molecule is O=C(Cc1ccccc1O)N1CCOC2(CCNCC2)C1. The van der Waals surface area contributed by atoms with Crippen LogP contribution < -0.4 is 5.32 Å². The number of nitrogens with one attached hydrogen (secondary N) is 1. The normalized spacial score (nSPS) is 21.4. The van der Waals surface area contributed by atoms with E-state index in [0.29, 0.717) is 25.3 Å². The fourth-order valence-corrected chi connectivity index (χ4v) is 3.18. The third-order valence-electron chi connectivity index (χ3n) is 4.45. The molecule has 2 N–H and O–H groups in total. The van der Waals surface area contributed by atoms with Crippen LogP contribution >= 0.6 is 0 Å². The van der Waals surface area contributed by atoms with Gasteiger partial charge < -0.3 is 20.1 Å². The maximum Gasteiger partial charge on any atom is 0.227 e. The molecule has 2 heterocycles. The van der Waals surface area contributed by atoms with Gasteiger partial charge in [-0.15, -0.1) is 0 Å². The number of aromatic hydroxyl groups is 1. The van der Waals surface area contributed by atoms with Crippen molar-refractivity contribution < 1.29 is 14.6 Å². The zero-order chi connectivity index (χ0) is 14.7. The Balaban J connectivity index is 1.66. The molecule has 0 bridgehead atoms. The molecule has 0 atom stereocenters. The second kappa shape index (κ2) is 6.03. The number of ether oxygens (including phenoxy) is 1. The van der Waals surface area contributed by atoms with Crippen LogP contribution in [-0.2, 0) is 16.0 Å². The number of morpholine rings is 1. The fourth-order valence-electron chi connectivity index (χ4n) is 3.18. The van der Waals surface area contributed by atoms with Crippen molar-refractivity contribution in [1.29, 1.82) is 0 Å². The monoisotopic (exact) mass is 290 g/mol. The number of para-hydroxylation sites is 1. The van der Waals surface area contributed by atoms with Crippen molar-refractivity contribution in [2.45, 2.75) is 24.9 Å². The fraction of sp³-hybridized carbons (Fsp3) is 0.562. The van der Waals surface area contributed by atoms with Crippen LogP contribution in [0.25, 0.3) is 0 Å². The molecule has 1 spiro atoms. The zero-order valence-corrected chi connectivity index (χ0v) is 12.2. The Morgan fingerprint density at radius 1 is 1.33 bits per heavy atom. The molecule has 2 saturated heterocycles. The molecule has 1 aromatic carbocycles. The molecule has 0 radical (unpaired) electrons. The third-order valence-corrected chi connectivity index (χ3v) is 4.45. The Morgan fingerprint density at radius 3 is 2.86 bits per heavy atom. The number of amides is 1. The van der Waals surface area contributed by atoms with E-state index >= 15 is 0 Å². The van der Waals surface area contributed by atoms with Gasteiger partial charge in [-0.3, -0.25) is 4.79 Å². The van der Waals surface area contributed by atoms with E-state index in [1.807, 2.05) is 11.0 Å². The first-order valence-electron chi connectivity index (χ1n) is 7.58. The smallest absolute Gasteiger partial charge is 0.227 e. The highest BCUT2D eigenvalue weighted by Gasteiger charge is 2.39. The number of phenols is 1. The van der Waals surface area contributed by atoms with E-state index in [2.05, 4.69) is 5.32 Å². The van der Waals surface area contributed by atoms with Crippen LogP contribution in [0.3, 0.4) is 0 Å². The van der Waals surface area contributed by atoms with Crippen molar-refractivity contribution in [2.24, 2.45) is 0 Å². The van der Waals surface area contributed by atoms with Gasteiger partial charge in [0.1, 0.15) is 5.75 Å². The summed E-state index contributed by atoms with van der Waals surface area (Å²) >= 11 is 0. The van der Waals surface area contributed by atoms with Crippen molar-refractivity contribution in [2.75, 3.05) is 32.8 Å². The number of piperidine rings is 1. The summed E-state index contributed by atoms with van der Waals surface area (Å²) in [5.74, 6) is 0.258. The van der Waals surface area contributed by atoms with Gasteiger partial charge >= 0.3 is 0 Å². The Morgan fingerprint density at radius 2 is 2.10 bits per heavy atom. The summed E-state index contributed by atoms with van der Waals surface area (Å²) in [7, 11) is 0. The number of hydrogen-bond acceptors (Lipinski definition) is 4. The van der Waals surface area contributed by atoms with Gasteiger partial charge in [0.15, 0.2) is 0 Å². The lowest BCUT2D eigenvalue weighted by atomic mass is 9.90. The van der Waals surface area contributed by atoms with Gasteiger partial charge in [-0.2, -0.15) is 0 Å². The van der Waals surface area contributed by atoms with E-state index < -0.39 is 0 Å². The van der Waals surface area contributed by atoms with Crippen molar-refractivity contribution in [3.63, 3.8) is 0 Å². The van der Waals surface area contributed by atoms with E-state index in [-0.39, 0.29) is 23.7 Å². The molecule has 2 aliphatic heterocycles. The highest BCUT2D eigenvalue weighted by molar-refractivity contribution is 5.79. The number of carbonyl (C=O) groups is 1. The highest BCUT2D eigenvalue weighted by atomic mass is 16.5. The molecule has 0 aromatic heterocycles. The van der Waals surface area contributed by atoms with Crippen molar-refractivity contribution in [3.8, 4) is 5.75 Å². The molecule has 0 saturated carbocycles. The van der Waals surface area contributed by atoms with Crippen LogP contribution in [0.2, 0.25) is 0 Å². The first-order chi connectivity index (χ1) is 10.2. The van der Waals surface area contributed by atoms with Crippen molar-refractivity contribution in [3.05, 3.63) is 29.8 Å². The minimum absolute atomic E-state index is 0.0673. The molecule has 1 amide bonds. The van der Waals surface area contributed by atoms with E-state index in [4.69, 9.17) is 4.74 Å². The summed E-state index contributed by atoms with van der Waals surface area (Å²) in [4.78, 5) is 14.4. The number of carbonyl (C=O) groups excluding carboxylic acids is 1. The number of nitrogens with zero attached hydrogens (tertiary/aromatic N) is 1. The van der Waals surface area contributed by atoms with Gasteiger partial charge in [-0.25, -0.2) is 0 Å². The lowest BCUT2D eigenvalue weighted by Gasteiger charge is -2.45. The standard InChI is InChI=1S/C16H22N2O3/c19-14-4-2-1-3-13(14)11-15(20)18-9-10-21-16(12-18)5-7-17-8-6-16/h1-4,17,19H,5-12H2. The maximum absolute atomic E-state index is 12.5. The molecule has 3 rings (SSSR count). The predicted molar refractivity (Wildman–Crippen MR) is 79.2 cm³/mol. The van der Waals surface area contributed by atoms with Crippen LogP contribution in [0.4, 0.5) is 0 Å². The summed E-state index contributed by atoms with van der Waals surface area (Å²) in [6.45, 7) is 3.80. The minimum atomic E-state index is -0.169. The quantitative estimate of drug-likeness (QED) is 0.850. The molecule has 0 aliphatic carbocycles. The van der Waals surface area contributed by atoms with E-state index in [1.54, 1.807) is 18.2 Å². The summed E-state index contributed by atoms with van der Waals surface area (Å²) in [5.41, 5.74) is 0.520. The van der Waals surface area contributed by atoms with Crippen molar-refractivity contribution in [1.82, 2.24) is 10.2 Å². The first-order valence-corrected chi connectivity index (χ1v) is 7.58. The average molecular weight is 290 g/mol. The average Bonchev–Trinajstić information content (AvgIpc) is 2.50. The van der Waals surface area contributed by atoms with Gasteiger partial charge in [-0.1, -0.05) is 18.2 Å². The molecule has 21 heavy (non-hydrogen) atoms. The number of hydrogen-bond donors (Lipinski definition) is 2. The Kier molecular flexibility index (Phi) is 4.12. The maximum atomic E-state index is 12.5. The Bertz CT molecular complexity index is 506. The number of phenolic OH excluding ortho intramolecular Hbond substituents is 1. The molecule has 2 aliphatic rings. The zero-order valence-electron chi connectivity index (χ0n) is 12.2. The van der Waals surface area contributed by atoms with Gasteiger partial charge in [0.05, 0.1) is 18.6 Å². The van der Waals surface area contributed by atoms with Gasteiger partial charge in [0.2, 0.25) is 5.91 Å². The second-order valence-electron chi connectivity index (χ2n) is 5.90. The van der Waals surface area contributed by atoms with Crippen molar-refractivity contribution >= 4 is 5.91 Å². The largest absolute Gasteiger partial charge is 0.508 e. The minimum Gasteiger partial charge on any atom is -0.508 e. The lowest BCUT2D eigenvalue weighted by molar-refractivity contribution is -0.154. The molecular formula is C16H22N2O3. The molecule has 2 fully saturated rings. The molecule has 1 aromatic rings. The Labute approximate surface area is 124 Å². The van der Waals surface area contributed by atoms with Crippen LogP contribution in [0.5, 0.6) is 5.75 Å². The second-order valence-corrected chi connectivity index (χ2v) is 5.90. The number of benzene rings is 1. The third kappa shape index (κ3) is 3.19. The van der Waals surface area contributed by atoms with E-state index in [0.717, 1.165) is 25.9 Å². The highest BCUT2D eigenvalue weighted by Crippen LogP contribution is 2.28. The Hall–Kier alpha value is -1.59.